The summed E-state index contributed by atoms with van der Waals surface area (Å²) in [4.78, 5) is 21.5. The number of nitrogens with zero attached hydrogens (tertiary/aromatic N) is 4. The summed E-state index contributed by atoms with van der Waals surface area (Å²) < 4.78 is 1.92. The van der Waals surface area contributed by atoms with Crippen molar-refractivity contribution in [3.63, 3.8) is 0 Å². The summed E-state index contributed by atoms with van der Waals surface area (Å²) in [5.74, 6) is 6.10. The molecule has 33 heavy (non-hydrogen) atoms. The van der Waals surface area contributed by atoms with E-state index in [-0.39, 0.29) is 5.91 Å². The van der Waals surface area contributed by atoms with E-state index in [4.69, 9.17) is 0 Å². The molecule has 0 saturated carbocycles. The number of amides is 1. The van der Waals surface area contributed by atoms with Crippen LogP contribution in [0, 0.1) is 25.7 Å². The van der Waals surface area contributed by atoms with Crippen LogP contribution in [-0.2, 0) is 0 Å². The Balaban J connectivity index is 1.37. The SMILES string of the molecule is Cc1cn(-c2cccc(NC(=O)c3ccc(C)c(C#Cc4cnc5[nH]ncc5c4)c3)c2)cn1. The summed E-state index contributed by atoms with van der Waals surface area (Å²) in [6.45, 7) is 3.91. The van der Waals surface area contributed by atoms with E-state index >= 15 is 0 Å². The summed E-state index contributed by atoms with van der Waals surface area (Å²) in [7, 11) is 0. The van der Waals surface area contributed by atoms with E-state index in [9.17, 15) is 4.79 Å². The monoisotopic (exact) mass is 432 g/mol. The zero-order valence-electron chi connectivity index (χ0n) is 18.1. The molecule has 0 fully saturated rings. The second-order valence-corrected chi connectivity index (χ2v) is 7.74. The highest BCUT2D eigenvalue weighted by Gasteiger charge is 2.09. The predicted molar refractivity (Wildman–Crippen MR) is 127 cm³/mol. The van der Waals surface area contributed by atoms with Gasteiger partial charge in [0.25, 0.3) is 5.91 Å². The van der Waals surface area contributed by atoms with Gasteiger partial charge in [-0.05, 0) is 55.8 Å². The third-order valence-corrected chi connectivity index (χ3v) is 5.25. The number of carbonyl (C=O) groups excluding carboxylic acids is 1. The van der Waals surface area contributed by atoms with Gasteiger partial charge in [0.15, 0.2) is 5.65 Å². The van der Waals surface area contributed by atoms with Gasteiger partial charge in [0.2, 0.25) is 0 Å². The number of fused-ring (bicyclic) bond motifs is 1. The summed E-state index contributed by atoms with van der Waals surface area (Å²) in [6.07, 6.45) is 7.10. The first-order valence-electron chi connectivity index (χ1n) is 10.4. The second kappa shape index (κ2) is 8.44. The fourth-order valence-corrected chi connectivity index (χ4v) is 3.45. The van der Waals surface area contributed by atoms with Crippen molar-refractivity contribution in [2.24, 2.45) is 0 Å². The lowest BCUT2D eigenvalue weighted by Crippen LogP contribution is -2.12. The van der Waals surface area contributed by atoms with Crippen LogP contribution in [0.2, 0.25) is 0 Å². The van der Waals surface area contributed by atoms with Gasteiger partial charge in [-0.3, -0.25) is 9.89 Å². The predicted octanol–water partition coefficient (Wildman–Crippen LogP) is 4.41. The molecule has 2 aromatic carbocycles. The molecule has 0 aliphatic rings. The quantitative estimate of drug-likeness (QED) is 0.413. The summed E-state index contributed by atoms with van der Waals surface area (Å²) in [5, 5.41) is 10.7. The van der Waals surface area contributed by atoms with E-state index in [2.05, 4.69) is 37.3 Å². The normalized spacial score (nSPS) is 10.6. The molecule has 0 saturated heterocycles. The molecule has 5 aromatic rings. The molecule has 0 atom stereocenters. The third kappa shape index (κ3) is 4.36. The van der Waals surface area contributed by atoms with Crippen molar-refractivity contribution in [1.82, 2.24) is 24.7 Å². The molecule has 1 amide bonds. The number of H-pyrrole nitrogens is 1. The Hall–Kier alpha value is -4.70. The minimum absolute atomic E-state index is 0.196. The van der Waals surface area contributed by atoms with Gasteiger partial charge >= 0.3 is 0 Å². The van der Waals surface area contributed by atoms with Crippen molar-refractivity contribution in [2.45, 2.75) is 13.8 Å². The molecule has 0 radical (unpaired) electrons. The van der Waals surface area contributed by atoms with Crippen molar-refractivity contribution in [2.75, 3.05) is 5.32 Å². The zero-order valence-corrected chi connectivity index (χ0v) is 18.1. The van der Waals surface area contributed by atoms with Gasteiger partial charge < -0.3 is 9.88 Å². The van der Waals surface area contributed by atoms with Crippen molar-refractivity contribution in [3.05, 3.63) is 101 Å². The lowest BCUT2D eigenvalue weighted by atomic mass is 10.0. The van der Waals surface area contributed by atoms with Crippen LogP contribution < -0.4 is 5.32 Å². The highest BCUT2D eigenvalue weighted by atomic mass is 16.1. The number of carbonyl (C=O) groups is 1. The van der Waals surface area contributed by atoms with E-state index in [0.29, 0.717) is 11.3 Å². The van der Waals surface area contributed by atoms with Gasteiger partial charge in [0.1, 0.15) is 0 Å². The van der Waals surface area contributed by atoms with Gasteiger partial charge in [0.05, 0.1) is 18.2 Å². The number of hydrogen-bond donors (Lipinski definition) is 2. The topological polar surface area (TPSA) is 88.5 Å². The summed E-state index contributed by atoms with van der Waals surface area (Å²) in [5.41, 5.74) is 6.39. The van der Waals surface area contributed by atoms with E-state index in [1.54, 1.807) is 24.8 Å². The molecular formula is C26H20N6O. The van der Waals surface area contributed by atoms with Crippen LogP contribution in [0.25, 0.3) is 16.7 Å². The van der Waals surface area contributed by atoms with Gasteiger partial charge in [0, 0.05) is 45.8 Å². The number of pyridine rings is 1. The Morgan fingerprint density at radius 1 is 1.03 bits per heavy atom. The molecule has 3 aromatic heterocycles. The number of rotatable bonds is 3. The Morgan fingerprint density at radius 3 is 2.79 bits per heavy atom. The van der Waals surface area contributed by atoms with Crippen LogP contribution in [0.15, 0.2) is 73.4 Å². The minimum Gasteiger partial charge on any atom is -0.322 e. The first-order valence-corrected chi connectivity index (χ1v) is 10.4. The number of hydrogen-bond acceptors (Lipinski definition) is 4. The molecule has 0 bridgehead atoms. The lowest BCUT2D eigenvalue weighted by Gasteiger charge is -2.09. The van der Waals surface area contributed by atoms with Crippen LogP contribution in [0.4, 0.5) is 5.69 Å². The van der Waals surface area contributed by atoms with Gasteiger partial charge in [-0.2, -0.15) is 5.10 Å². The van der Waals surface area contributed by atoms with E-state index in [1.165, 1.54) is 0 Å². The van der Waals surface area contributed by atoms with Crippen LogP contribution in [-0.4, -0.2) is 30.6 Å². The Labute approximate surface area is 190 Å². The molecule has 7 heteroatoms. The average molecular weight is 432 g/mol. The Morgan fingerprint density at radius 2 is 1.94 bits per heavy atom. The largest absolute Gasteiger partial charge is 0.322 e. The fraction of sp³-hybridized carbons (Fsp3) is 0.0769. The van der Waals surface area contributed by atoms with Gasteiger partial charge in [-0.1, -0.05) is 24.0 Å². The van der Waals surface area contributed by atoms with E-state index in [1.807, 2.05) is 67.1 Å². The van der Waals surface area contributed by atoms with Gasteiger partial charge in [-0.15, -0.1) is 0 Å². The van der Waals surface area contributed by atoms with Crippen molar-refractivity contribution in [3.8, 4) is 17.5 Å². The van der Waals surface area contributed by atoms with Crippen LogP contribution in [0.1, 0.15) is 32.7 Å². The molecular weight excluding hydrogens is 412 g/mol. The van der Waals surface area contributed by atoms with Crippen LogP contribution in [0.3, 0.4) is 0 Å². The lowest BCUT2D eigenvalue weighted by molar-refractivity contribution is 0.102. The Bertz CT molecular complexity index is 1550. The van der Waals surface area contributed by atoms with Crippen molar-refractivity contribution < 1.29 is 4.79 Å². The maximum absolute atomic E-state index is 12.9. The molecule has 0 spiro atoms. The molecule has 7 nitrogen and oxygen atoms in total. The second-order valence-electron chi connectivity index (χ2n) is 7.74. The average Bonchev–Trinajstić information content (AvgIpc) is 3.47. The van der Waals surface area contributed by atoms with Crippen molar-refractivity contribution in [1.29, 1.82) is 0 Å². The van der Waals surface area contributed by atoms with Crippen LogP contribution >= 0.6 is 0 Å². The maximum Gasteiger partial charge on any atom is 0.255 e. The van der Waals surface area contributed by atoms with Gasteiger partial charge in [-0.25, -0.2) is 9.97 Å². The zero-order chi connectivity index (χ0) is 22.8. The number of aryl methyl sites for hydroxylation is 2. The molecule has 0 aliphatic heterocycles. The standard InChI is InChI=1S/C26H20N6O/c1-17-6-8-21(11-20(17)9-7-19-10-22-14-29-31-25(22)27-13-19)26(33)30-23-4-3-5-24(12-23)32-15-18(2)28-16-32/h3-6,8,10-16H,1-2H3,(H,30,33)(H,27,29,31). The number of aromatic amines is 1. The first kappa shape index (κ1) is 20.2. The number of benzene rings is 2. The highest BCUT2D eigenvalue weighted by Crippen LogP contribution is 2.18. The molecule has 0 aliphatic carbocycles. The van der Waals surface area contributed by atoms with Crippen molar-refractivity contribution >= 4 is 22.6 Å². The van der Waals surface area contributed by atoms with E-state index < -0.39 is 0 Å². The smallest absolute Gasteiger partial charge is 0.255 e. The number of aromatic nitrogens is 5. The van der Waals surface area contributed by atoms with Crippen LogP contribution in [0.5, 0.6) is 0 Å². The molecule has 0 unspecified atom stereocenters. The third-order valence-electron chi connectivity index (χ3n) is 5.25. The fourth-order valence-electron chi connectivity index (χ4n) is 3.45. The summed E-state index contributed by atoms with van der Waals surface area (Å²) in [6, 6.07) is 15.1. The Kier molecular flexibility index (Phi) is 5.17. The first-order chi connectivity index (χ1) is 16.0. The number of nitrogens with one attached hydrogen (secondary N) is 2. The maximum atomic E-state index is 12.9. The summed E-state index contributed by atoms with van der Waals surface area (Å²) >= 11 is 0. The number of anilines is 1. The molecule has 5 rings (SSSR count). The minimum atomic E-state index is -0.196. The molecule has 160 valence electrons. The number of imidazole rings is 1. The van der Waals surface area contributed by atoms with E-state index in [0.717, 1.165) is 39.1 Å². The molecule has 3 heterocycles. The molecule has 2 N–H and O–H groups in total. The highest BCUT2D eigenvalue weighted by molar-refractivity contribution is 6.04.